The van der Waals surface area contributed by atoms with Crippen molar-refractivity contribution in [1.82, 2.24) is 14.9 Å². The lowest BCUT2D eigenvalue weighted by atomic mass is 10.3. The molecule has 2 rings (SSSR count). The number of carbonyl (C=O) groups excluding carboxylic acids is 2. The highest BCUT2D eigenvalue weighted by molar-refractivity contribution is 8.13. The Balaban J connectivity index is 1.87. The molecular weight excluding hydrogens is 481 g/mol. The van der Waals surface area contributed by atoms with Crippen LogP contribution in [0.1, 0.15) is 25.8 Å². The summed E-state index contributed by atoms with van der Waals surface area (Å²) in [6, 6.07) is 0. The lowest BCUT2D eigenvalue weighted by Crippen LogP contribution is -2.38. The average molecular weight is 510 g/mol. The summed E-state index contributed by atoms with van der Waals surface area (Å²) in [6.45, 7) is 3.58. The second kappa shape index (κ2) is 13.3. The Hall–Kier alpha value is -1.41. The lowest BCUT2D eigenvalue weighted by molar-refractivity contribution is -0.109. The van der Waals surface area contributed by atoms with Crippen LogP contribution in [0, 0.1) is 0 Å². The van der Waals surface area contributed by atoms with Crippen LogP contribution in [0.15, 0.2) is 11.3 Å². The maximum absolute atomic E-state index is 13.0. The van der Waals surface area contributed by atoms with E-state index in [-0.39, 0.29) is 42.4 Å². The standard InChI is InChI=1S/C17H28N5O7PS2/c1-12(23)31-8-6-28-30(25,29-7-9-32-13(2)24)11-27-5-4-22-10-19-14-15(22)20-17(18)21-16(14)26-3/h10,16H,4-9,11H2,1-3H3,(H3,18,20,21). The first-order valence-electron chi connectivity index (χ1n) is 9.65. The van der Waals surface area contributed by atoms with Crippen molar-refractivity contribution in [1.29, 1.82) is 0 Å². The molecule has 0 saturated heterocycles. The molecule has 2 heterocycles. The van der Waals surface area contributed by atoms with Crippen LogP contribution in [0.25, 0.3) is 0 Å². The zero-order valence-electron chi connectivity index (χ0n) is 18.1. The zero-order valence-corrected chi connectivity index (χ0v) is 20.7. The summed E-state index contributed by atoms with van der Waals surface area (Å²) in [5, 5.41) is 2.75. The lowest BCUT2D eigenvalue weighted by Gasteiger charge is -2.21. The molecule has 3 N–H and O–H groups in total. The third kappa shape index (κ3) is 8.85. The maximum atomic E-state index is 13.0. The summed E-state index contributed by atoms with van der Waals surface area (Å²) in [6.07, 6.45) is 0.828. The minimum Gasteiger partial charge on any atom is -0.370 e. The van der Waals surface area contributed by atoms with Crippen LogP contribution in [0.2, 0.25) is 0 Å². The molecule has 1 aliphatic heterocycles. The van der Waals surface area contributed by atoms with Crippen molar-refractivity contribution in [2.24, 2.45) is 10.7 Å². The largest absolute Gasteiger partial charge is 0.370 e. The molecule has 0 aromatic carbocycles. The van der Waals surface area contributed by atoms with Gasteiger partial charge in [0.2, 0.25) is 0 Å². The zero-order chi connectivity index (χ0) is 23.6. The van der Waals surface area contributed by atoms with Crippen molar-refractivity contribution in [3.63, 3.8) is 0 Å². The first-order chi connectivity index (χ1) is 15.2. The summed E-state index contributed by atoms with van der Waals surface area (Å²) in [5.74, 6) is 1.46. The molecule has 0 saturated carbocycles. The van der Waals surface area contributed by atoms with E-state index in [1.807, 2.05) is 0 Å². The molecule has 0 amide bonds. The van der Waals surface area contributed by atoms with Crippen LogP contribution in [-0.2, 0) is 39.2 Å². The number of guanidine groups is 1. The van der Waals surface area contributed by atoms with Crippen LogP contribution in [0.3, 0.4) is 0 Å². The molecule has 15 heteroatoms. The Morgan fingerprint density at radius 3 is 2.38 bits per heavy atom. The number of aliphatic imine (C=N–C) groups is 1. The van der Waals surface area contributed by atoms with Gasteiger partial charge >= 0.3 is 7.60 Å². The van der Waals surface area contributed by atoms with Crippen molar-refractivity contribution in [2.75, 3.05) is 44.8 Å². The van der Waals surface area contributed by atoms with Gasteiger partial charge in [0.25, 0.3) is 0 Å². The van der Waals surface area contributed by atoms with E-state index in [1.54, 1.807) is 10.9 Å². The van der Waals surface area contributed by atoms with Crippen molar-refractivity contribution in [2.45, 2.75) is 26.6 Å². The molecule has 1 aliphatic rings. The number of methoxy groups -OCH3 is 1. The van der Waals surface area contributed by atoms with Gasteiger partial charge in [-0.2, -0.15) is 4.99 Å². The molecule has 1 atom stereocenters. The number of fused-ring (bicyclic) bond motifs is 1. The van der Waals surface area contributed by atoms with E-state index < -0.39 is 13.8 Å². The summed E-state index contributed by atoms with van der Waals surface area (Å²) in [5.41, 5.74) is 6.38. The van der Waals surface area contributed by atoms with Gasteiger partial charge in [-0.1, -0.05) is 23.5 Å². The monoisotopic (exact) mass is 509 g/mol. The van der Waals surface area contributed by atoms with Crippen LogP contribution >= 0.6 is 31.1 Å². The van der Waals surface area contributed by atoms with Crippen LogP contribution < -0.4 is 11.1 Å². The number of nitrogens with two attached hydrogens (primary N) is 1. The van der Waals surface area contributed by atoms with Crippen LogP contribution in [-0.4, -0.2) is 70.5 Å². The summed E-state index contributed by atoms with van der Waals surface area (Å²) >= 11 is 2.14. The number of rotatable bonds is 14. The molecule has 0 radical (unpaired) electrons. The number of hydrogen-bond donors (Lipinski definition) is 2. The number of ether oxygens (including phenoxy) is 2. The minimum absolute atomic E-state index is 0.0590. The fourth-order valence-electron chi connectivity index (χ4n) is 2.56. The Kier molecular flexibility index (Phi) is 11.2. The number of imidazole rings is 1. The molecule has 0 bridgehead atoms. The van der Waals surface area contributed by atoms with E-state index in [4.69, 9.17) is 24.3 Å². The Bertz CT molecular complexity index is 840. The molecule has 32 heavy (non-hydrogen) atoms. The van der Waals surface area contributed by atoms with Gasteiger partial charge in [-0.25, -0.2) is 4.98 Å². The van der Waals surface area contributed by atoms with Gasteiger partial charge in [0.15, 0.2) is 28.2 Å². The van der Waals surface area contributed by atoms with E-state index in [0.717, 1.165) is 23.5 Å². The van der Waals surface area contributed by atoms with Crippen LogP contribution in [0.5, 0.6) is 0 Å². The predicted octanol–water partition coefficient (Wildman–Crippen LogP) is 1.84. The molecule has 180 valence electrons. The number of hydrogen-bond acceptors (Lipinski definition) is 13. The van der Waals surface area contributed by atoms with Gasteiger partial charge in [0.05, 0.1) is 26.1 Å². The summed E-state index contributed by atoms with van der Waals surface area (Å²) in [7, 11) is -2.04. The van der Waals surface area contributed by atoms with E-state index >= 15 is 0 Å². The van der Waals surface area contributed by atoms with E-state index in [2.05, 4.69) is 15.3 Å². The van der Waals surface area contributed by atoms with E-state index in [9.17, 15) is 14.2 Å². The highest BCUT2D eigenvalue weighted by atomic mass is 32.2. The smallest absolute Gasteiger partial charge is 0.356 e. The SMILES string of the molecule is COC1NC(N)=Nc2c1ncn2CCOCP(=O)(OCCSC(C)=O)OCCSC(C)=O. The third-order valence-corrected chi connectivity index (χ3v) is 7.11. The van der Waals surface area contributed by atoms with Crippen molar-refractivity contribution in [3.8, 4) is 0 Å². The topological polar surface area (TPSA) is 156 Å². The average Bonchev–Trinajstić information content (AvgIpc) is 3.14. The molecule has 0 fully saturated rings. The van der Waals surface area contributed by atoms with E-state index in [0.29, 0.717) is 29.6 Å². The summed E-state index contributed by atoms with van der Waals surface area (Å²) < 4.78 is 36.4. The fourth-order valence-corrected chi connectivity index (χ4v) is 5.03. The second-order valence-corrected chi connectivity index (χ2v) is 10.9. The molecule has 1 unspecified atom stereocenters. The normalized spacial score (nSPS) is 15.7. The number of nitrogens with zero attached hydrogens (tertiary/aromatic N) is 3. The number of aromatic nitrogens is 2. The Labute approximate surface area is 194 Å². The Morgan fingerprint density at radius 1 is 1.19 bits per heavy atom. The fraction of sp³-hybridized carbons (Fsp3) is 0.647. The first kappa shape index (κ1) is 26.8. The van der Waals surface area contributed by atoms with Crippen molar-refractivity contribution in [3.05, 3.63) is 12.0 Å². The van der Waals surface area contributed by atoms with Gasteiger partial charge in [-0.05, 0) is 0 Å². The minimum atomic E-state index is -3.57. The van der Waals surface area contributed by atoms with Gasteiger partial charge in [0, 0.05) is 39.0 Å². The first-order valence-corrected chi connectivity index (χ1v) is 13.3. The quantitative estimate of drug-likeness (QED) is 0.277. The van der Waals surface area contributed by atoms with Crippen LogP contribution in [0.4, 0.5) is 5.82 Å². The van der Waals surface area contributed by atoms with Crippen molar-refractivity contribution < 1.29 is 32.7 Å². The molecular formula is C17H28N5O7PS2. The number of nitrogens with one attached hydrogen (secondary N) is 1. The molecule has 1 aromatic heterocycles. The highest BCUT2D eigenvalue weighted by Crippen LogP contribution is 2.48. The molecule has 1 aromatic rings. The van der Waals surface area contributed by atoms with Gasteiger partial charge in [0.1, 0.15) is 12.0 Å². The second-order valence-electron chi connectivity index (χ2n) is 6.40. The molecule has 12 nitrogen and oxygen atoms in total. The summed E-state index contributed by atoms with van der Waals surface area (Å²) in [4.78, 5) is 30.6. The predicted molar refractivity (Wildman–Crippen MR) is 123 cm³/mol. The molecule has 0 spiro atoms. The highest BCUT2D eigenvalue weighted by Gasteiger charge is 2.27. The molecule has 0 aliphatic carbocycles. The van der Waals surface area contributed by atoms with Gasteiger partial charge < -0.3 is 34.1 Å². The third-order valence-electron chi connectivity index (χ3n) is 3.91. The van der Waals surface area contributed by atoms with Gasteiger partial charge in [-0.3, -0.25) is 14.2 Å². The number of carbonyl (C=O) groups is 2. The van der Waals surface area contributed by atoms with Gasteiger partial charge in [-0.15, -0.1) is 0 Å². The van der Waals surface area contributed by atoms with Crippen molar-refractivity contribution >= 4 is 53.1 Å². The number of thioether (sulfide) groups is 2. The maximum Gasteiger partial charge on any atom is 0.356 e. The Morgan fingerprint density at radius 2 is 1.81 bits per heavy atom. The van der Waals surface area contributed by atoms with E-state index in [1.165, 1.54) is 21.0 Å².